The van der Waals surface area contributed by atoms with Crippen LogP contribution >= 0.6 is 0 Å². The highest BCUT2D eigenvalue weighted by Gasteiger charge is 2.50. The van der Waals surface area contributed by atoms with Crippen molar-refractivity contribution in [1.82, 2.24) is 0 Å². The maximum atomic E-state index is 11.5. The summed E-state index contributed by atoms with van der Waals surface area (Å²) in [4.78, 5) is 11.5. The molecule has 1 saturated carbocycles. The Bertz CT molecular complexity index is 418. The topological polar surface area (TPSA) is 65.0 Å². The molecule has 5 nitrogen and oxygen atoms in total. The SMILES string of the molecule is CCCCCCCC1(CC[C@H]2[C@H](O)CC3OC(=O)C[C@@H]32)OCCO1. The summed E-state index contributed by atoms with van der Waals surface area (Å²) in [5.41, 5.74) is 0. The fourth-order valence-electron chi connectivity index (χ4n) is 4.68. The van der Waals surface area contributed by atoms with Gasteiger partial charge in [-0.1, -0.05) is 32.6 Å². The number of fused-ring (bicyclic) bond motifs is 1. The van der Waals surface area contributed by atoms with Crippen LogP contribution in [0, 0.1) is 11.8 Å². The van der Waals surface area contributed by atoms with E-state index in [1.807, 2.05) is 0 Å². The Kier molecular flexibility index (Phi) is 6.17. The predicted octanol–water partition coefficient (Wildman–Crippen LogP) is 3.18. The Labute approximate surface area is 145 Å². The Morgan fingerprint density at radius 1 is 1.12 bits per heavy atom. The minimum atomic E-state index is -0.465. The van der Waals surface area contributed by atoms with Gasteiger partial charge in [0, 0.05) is 25.2 Å². The van der Waals surface area contributed by atoms with Crippen LogP contribution < -0.4 is 0 Å². The lowest BCUT2D eigenvalue weighted by Gasteiger charge is -2.30. The van der Waals surface area contributed by atoms with Gasteiger partial charge < -0.3 is 19.3 Å². The monoisotopic (exact) mass is 340 g/mol. The van der Waals surface area contributed by atoms with Gasteiger partial charge in [-0.15, -0.1) is 0 Å². The molecule has 4 atom stereocenters. The molecule has 0 aromatic rings. The molecule has 5 heteroatoms. The fourth-order valence-corrected chi connectivity index (χ4v) is 4.68. The largest absolute Gasteiger partial charge is 0.462 e. The normalized spacial score (nSPS) is 34.5. The summed E-state index contributed by atoms with van der Waals surface area (Å²) >= 11 is 0. The lowest BCUT2D eigenvalue weighted by Crippen LogP contribution is -2.32. The Morgan fingerprint density at radius 3 is 2.62 bits per heavy atom. The van der Waals surface area contributed by atoms with Crippen LogP contribution in [0.3, 0.4) is 0 Å². The summed E-state index contributed by atoms with van der Waals surface area (Å²) in [5.74, 6) is -0.268. The molecule has 2 heterocycles. The first-order chi connectivity index (χ1) is 11.6. The van der Waals surface area contributed by atoms with Crippen LogP contribution in [0.25, 0.3) is 0 Å². The van der Waals surface area contributed by atoms with Crippen molar-refractivity contribution in [3.05, 3.63) is 0 Å². The first-order valence-corrected chi connectivity index (χ1v) is 9.79. The Morgan fingerprint density at radius 2 is 1.88 bits per heavy atom. The first kappa shape index (κ1) is 18.2. The molecule has 0 aromatic heterocycles. The zero-order valence-electron chi connectivity index (χ0n) is 14.9. The third kappa shape index (κ3) is 4.12. The molecule has 0 spiro atoms. The fraction of sp³-hybridized carbons (Fsp3) is 0.947. The summed E-state index contributed by atoms with van der Waals surface area (Å²) in [6, 6.07) is 0. The lowest BCUT2D eigenvalue weighted by atomic mass is 9.86. The molecule has 0 bridgehead atoms. The number of rotatable bonds is 9. The summed E-state index contributed by atoms with van der Waals surface area (Å²) in [7, 11) is 0. The number of unbranched alkanes of at least 4 members (excludes halogenated alkanes) is 4. The molecule has 1 N–H and O–H groups in total. The van der Waals surface area contributed by atoms with Gasteiger partial charge in [0.15, 0.2) is 5.79 Å². The average Bonchev–Trinajstić information content (AvgIpc) is 3.21. The second-order valence-corrected chi connectivity index (χ2v) is 7.67. The van der Waals surface area contributed by atoms with Crippen molar-refractivity contribution >= 4 is 5.97 Å². The third-order valence-electron chi connectivity index (χ3n) is 6.01. The molecule has 0 amide bonds. The van der Waals surface area contributed by atoms with E-state index in [0.29, 0.717) is 26.1 Å². The van der Waals surface area contributed by atoms with Gasteiger partial charge >= 0.3 is 5.97 Å². The van der Waals surface area contributed by atoms with Crippen LogP contribution in [0.15, 0.2) is 0 Å². The van der Waals surface area contributed by atoms with Gasteiger partial charge in [0.25, 0.3) is 0 Å². The van der Waals surface area contributed by atoms with Crippen LogP contribution in [0.4, 0.5) is 0 Å². The number of aliphatic hydroxyl groups is 1. The molecular formula is C19H32O5. The molecule has 1 unspecified atom stereocenters. The van der Waals surface area contributed by atoms with Crippen molar-refractivity contribution in [1.29, 1.82) is 0 Å². The molecular weight excluding hydrogens is 308 g/mol. The van der Waals surface area contributed by atoms with Crippen molar-refractivity contribution in [2.45, 2.75) is 89.1 Å². The number of hydrogen-bond donors (Lipinski definition) is 1. The van der Waals surface area contributed by atoms with E-state index in [-0.39, 0.29) is 30.0 Å². The van der Waals surface area contributed by atoms with Crippen molar-refractivity contribution in [2.24, 2.45) is 11.8 Å². The van der Waals surface area contributed by atoms with Crippen LogP contribution in [0.1, 0.15) is 71.1 Å². The third-order valence-corrected chi connectivity index (χ3v) is 6.01. The number of hydrogen-bond acceptors (Lipinski definition) is 5. The summed E-state index contributed by atoms with van der Waals surface area (Å²) in [6.07, 6.45) is 9.35. The molecule has 24 heavy (non-hydrogen) atoms. The van der Waals surface area contributed by atoms with E-state index in [0.717, 1.165) is 25.7 Å². The summed E-state index contributed by atoms with van der Waals surface area (Å²) in [6.45, 7) is 3.55. The van der Waals surface area contributed by atoms with Gasteiger partial charge in [0.2, 0.25) is 0 Å². The average molecular weight is 340 g/mol. The van der Waals surface area contributed by atoms with Crippen LogP contribution in [0.5, 0.6) is 0 Å². The molecule has 2 aliphatic heterocycles. The standard InChI is InChI=1S/C19H32O5/c1-2-3-4-5-6-8-19(22-10-11-23-19)9-7-14-15-12-18(21)24-17(15)13-16(14)20/h14-17,20H,2-13H2,1H3/t14-,15-,16-,17?/m1/s1. The number of ether oxygens (including phenoxy) is 3. The zero-order valence-corrected chi connectivity index (χ0v) is 14.9. The highest BCUT2D eigenvalue weighted by molar-refractivity contribution is 5.72. The van der Waals surface area contributed by atoms with E-state index >= 15 is 0 Å². The van der Waals surface area contributed by atoms with E-state index in [1.165, 1.54) is 25.7 Å². The van der Waals surface area contributed by atoms with Crippen LogP contribution in [-0.4, -0.2) is 42.3 Å². The van der Waals surface area contributed by atoms with Crippen LogP contribution in [-0.2, 0) is 19.0 Å². The number of carbonyl (C=O) groups excluding carboxylic acids is 1. The van der Waals surface area contributed by atoms with Crippen molar-refractivity contribution in [2.75, 3.05) is 13.2 Å². The van der Waals surface area contributed by atoms with Gasteiger partial charge in [-0.25, -0.2) is 0 Å². The number of carbonyl (C=O) groups is 1. The zero-order chi connectivity index (χ0) is 17.0. The smallest absolute Gasteiger partial charge is 0.306 e. The second-order valence-electron chi connectivity index (χ2n) is 7.67. The molecule has 2 saturated heterocycles. The Hall–Kier alpha value is -0.650. The molecule has 3 rings (SSSR count). The van der Waals surface area contributed by atoms with Gasteiger partial charge in [-0.3, -0.25) is 4.79 Å². The van der Waals surface area contributed by atoms with Crippen molar-refractivity contribution in [3.63, 3.8) is 0 Å². The van der Waals surface area contributed by atoms with Crippen LogP contribution in [0.2, 0.25) is 0 Å². The molecule has 138 valence electrons. The van der Waals surface area contributed by atoms with Gasteiger partial charge in [0.05, 0.1) is 25.7 Å². The van der Waals surface area contributed by atoms with E-state index in [9.17, 15) is 9.90 Å². The van der Waals surface area contributed by atoms with E-state index < -0.39 is 5.79 Å². The minimum Gasteiger partial charge on any atom is -0.462 e. The van der Waals surface area contributed by atoms with Gasteiger partial charge in [0.1, 0.15) is 6.10 Å². The molecule has 3 aliphatic rings. The Balaban J connectivity index is 1.49. The van der Waals surface area contributed by atoms with E-state index in [4.69, 9.17) is 14.2 Å². The van der Waals surface area contributed by atoms with Gasteiger partial charge in [-0.05, 0) is 18.8 Å². The highest BCUT2D eigenvalue weighted by Crippen LogP contribution is 2.45. The quantitative estimate of drug-likeness (QED) is 0.516. The predicted molar refractivity (Wildman–Crippen MR) is 89.3 cm³/mol. The number of aliphatic hydroxyl groups excluding tert-OH is 1. The van der Waals surface area contributed by atoms with E-state index in [2.05, 4.69) is 6.92 Å². The lowest BCUT2D eigenvalue weighted by molar-refractivity contribution is -0.171. The maximum Gasteiger partial charge on any atom is 0.306 e. The maximum absolute atomic E-state index is 11.5. The van der Waals surface area contributed by atoms with Gasteiger partial charge in [-0.2, -0.15) is 0 Å². The van der Waals surface area contributed by atoms with E-state index in [1.54, 1.807) is 0 Å². The molecule has 3 fully saturated rings. The second kappa shape index (κ2) is 8.15. The van der Waals surface area contributed by atoms with Crippen molar-refractivity contribution < 1.29 is 24.1 Å². The molecule has 1 aliphatic carbocycles. The first-order valence-electron chi connectivity index (χ1n) is 9.79. The highest BCUT2D eigenvalue weighted by atomic mass is 16.7. The minimum absolute atomic E-state index is 0.0760. The summed E-state index contributed by atoms with van der Waals surface area (Å²) < 4.78 is 17.3. The summed E-state index contributed by atoms with van der Waals surface area (Å²) in [5, 5.41) is 10.3. The molecule has 0 aromatic carbocycles. The number of esters is 1. The van der Waals surface area contributed by atoms with Crippen molar-refractivity contribution in [3.8, 4) is 0 Å². The molecule has 0 radical (unpaired) electrons.